The van der Waals surface area contributed by atoms with E-state index in [0.29, 0.717) is 12.8 Å². The van der Waals surface area contributed by atoms with E-state index in [4.69, 9.17) is 0 Å². The number of carbonyl (C=O) groups is 1. The highest BCUT2D eigenvalue weighted by molar-refractivity contribution is 5.67. The van der Waals surface area contributed by atoms with E-state index in [2.05, 4.69) is 10.3 Å². The van der Waals surface area contributed by atoms with Gasteiger partial charge in [0.05, 0.1) is 4.92 Å². The Morgan fingerprint density at radius 3 is 2.67 bits per heavy atom. The first kappa shape index (κ1) is 13.6. The zero-order valence-electron chi connectivity index (χ0n) is 11.3. The van der Waals surface area contributed by atoms with Crippen LogP contribution in [0, 0.1) is 10.1 Å². The number of nitro groups is 1. The van der Waals surface area contributed by atoms with E-state index >= 15 is 0 Å². The van der Waals surface area contributed by atoms with Crippen molar-refractivity contribution in [2.24, 2.45) is 0 Å². The first-order valence-electron chi connectivity index (χ1n) is 6.93. The van der Waals surface area contributed by atoms with E-state index in [1.807, 2.05) is 0 Å². The number of pyridine rings is 1. The summed E-state index contributed by atoms with van der Waals surface area (Å²) in [6, 6.07) is 2.96. The Balaban J connectivity index is 1.74. The summed E-state index contributed by atoms with van der Waals surface area (Å²) in [7, 11) is 0. The molecule has 1 aromatic heterocycles. The quantitative estimate of drug-likeness (QED) is 0.652. The van der Waals surface area contributed by atoms with Crippen LogP contribution in [0.15, 0.2) is 18.3 Å². The Morgan fingerprint density at radius 2 is 2.10 bits per heavy atom. The summed E-state index contributed by atoms with van der Waals surface area (Å²) < 4.78 is 0. The van der Waals surface area contributed by atoms with Gasteiger partial charge in [0.25, 0.3) is 0 Å². The van der Waals surface area contributed by atoms with Crippen molar-refractivity contribution in [3.63, 3.8) is 0 Å². The van der Waals surface area contributed by atoms with Crippen LogP contribution in [0.25, 0.3) is 0 Å². The minimum Gasteiger partial charge on any atom is -0.465 e. The number of anilines is 1. The van der Waals surface area contributed by atoms with Gasteiger partial charge in [-0.15, -0.1) is 0 Å². The fraction of sp³-hybridized carbons (Fsp3) is 0.538. The molecule has 3 atom stereocenters. The Bertz CT molecular complexity index is 565. The topological polar surface area (TPSA) is 109 Å². The second-order valence-electron chi connectivity index (χ2n) is 5.52. The number of aromatic nitrogens is 1. The van der Waals surface area contributed by atoms with Gasteiger partial charge in [-0.1, -0.05) is 0 Å². The molecule has 2 bridgehead atoms. The lowest BCUT2D eigenvalue weighted by Crippen LogP contribution is -2.49. The molecule has 0 radical (unpaired) electrons. The molecular weight excluding hydrogens is 276 g/mol. The molecule has 0 aliphatic carbocycles. The minimum absolute atomic E-state index is 0.00141. The summed E-state index contributed by atoms with van der Waals surface area (Å²) in [5.41, 5.74) is -0.0505. The Hall–Kier alpha value is -2.38. The SMILES string of the molecule is O=C(O)N1[C@@H]2CC[C@H]1CC(Nc1ncccc1[N+](=O)[O-])C2. The van der Waals surface area contributed by atoms with Crippen molar-refractivity contribution in [2.45, 2.75) is 43.8 Å². The summed E-state index contributed by atoms with van der Waals surface area (Å²) in [6.45, 7) is 0. The fourth-order valence-electron chi connectivity index (χ4n) is 3.46. The monoisotopic (exact) mass is 292 g/mol. The molecule has 8 nitrogen and oxygen atoms in total. The summed E-state index contributed by atoms with van der Waals surface area (Å²) in [5, 5.41) is 23.3. The number of amides is 1. The predicted octanol–water partition coefficient (Wildman–Crippen LogP) is 2.08. The molecule has 8 heteroatoms. The molecule has 0 aromatic carbocycles. The molecule has 2 N–H and O–H groups in total. The van der Waals surface area contributed by atoms with Crippen LogP contribution in [0.2, 0.25) is 0 Å². The molecule has 0 spiro atoms. The first-order valence-corrected chi connectivity index (χ1v) is 6.93. The van der Waals surface area contributed by atoms with E-state index in [9.17, 15) is 20.0 Å². The predicted molar refractivity (Wildman–Crippen MR) is 74.2 cm³/mol. The molecule has 1 amide bonds. The maximum absolute atomic E-state index is 11.2. The zero-order chi connectivity index (χ0) is 15.0. The van der Waals surface area contributed by atoms with Crippen LogP contribution in [-0.2, 0) is 0 Å². The molecule has 2 aliphatic rings. The Morgan fingerprint density at radius 1 is 1.43 bits per heavy atom. The molecule has 2 fully saturated rings. The third kappa shape index (κ3) is 2.48. The van der Waals surface area contributed by atoms with Gasteiger partial charge in [0.15, 0.2) is 0 Å². The second kappa shape index (κ2) is 5.19. The third-order valence-corrected chi connectivity index (χ3v) is 4.28. The lowest BCUT2D eigenvalue weighted by molar-refractivity contribution is -0.384. The number of rotatable bonds is 3. The number of nitrogens with zero attached hydrogens (tertiary/aromatic N) is 3. The Labute approximate surface area is 120 Å². The van der Waals surface area contributed by atoms with Crippen LogP contribution in [0.3, 0.4) is 0 Å². The average molecular weight is 292 g/mol. The van der Waals surface area contributed by atoms with E-state index in [-0.39, 0.29) is 29.6 Å². The molecular formula is C13H16N4O4. The van der Waals surface area contributed by atoms with Gasteiger partial charge in [0, 0.05) is 30.4 Å². The summed E-state index contributed by atoms with van der Waals surface area (Å²) >= 11 is 0. The average Bonchev–Trinajstić information content (AvgIpc) is 2.71. The molecule has 112 valence electrons. The molecule has 3 heterocycles. The van der Waals surface area contributed by atoms with Crippen LogP contribution in [0.1, 0.15) is 25.7 Å². The lowest BCUT2D eigenvalue weighted by Gasteiger charge is -2.37. The van der Waals surface area contributed by atoms with Crippen molar-refractivity contribution in [2.75, 3.05) is 5.32 Å². The van der Waals surface area contributed by atoms with Crippen molar-refractivity contribution in [3.8, 4) is 0 Å². The molecule has 21 heavy (non-hydrogen) atoms. The molecule has 1 unspecified atom stereocenters. The van der Waals surface area contributed by atoms with Gasteiger partial charge in [0.1, 0.15) is 0 Å². The number of piperidine rings is 1. The van der Waals surface area contributed by atoms with Crippen molar-refractivity contribution >= 4 is 17.6 Å². The highest BCUT2D eigenvalue weighted by Gasteiger charge is 2.43. The second-order valence-corrected chi connectivity index (χ2v) is 5.52. The van der Waals surface area contributed by atoms with Gasteiger partial charge in [0.2, 0.25) is 5.82 Å². The fourth-order valence-corrected chi connectivity index (χ4v) is 3.46. The van der Waals surface area contributed by atoms with Crippen molar-refractivity contribution in [1.82, 2.24) is 9.88 Å². The molecule has 2 saturated heterocycles. The highest BCUT2D eigenvalue weighted by Crippen LogP contribution is 2.37. The van der Waals surface area contributed by atoms with Gasteiger partial charge in [-0.25, -0.2) is 9.78 Å². The third-order valence-electron chi connectivity index (χ3n) is 4.28. The van der Waals surface area contributed by atoms with Crippen LogP contribution in [0.5, 0.6) is 0 Å². The molecule has 3 rings (SSSR count). The van der Waals surface area contributed by atoms with Crippen LogP contribution in [0.4, 0.5) is 16.3 Å². The van der Waals surface area contributed by atoms with Gasteiger partial charge in [-0.3, -0.25) is 10.1 Å². The summed E-state index contributed by atoms with van der Waals surface area (Å²) in [4.78, 5) is 27.3. The van der Waals surface area contributed by atoms with Gasteiger partial charge < -0.3 is 15.3 Å². The lowest BCUT2D eigenvalue weighted by atomic mass is 9.98. The van der Waals surface area contributed by atoms with Gasteiger partial charge >= 0.3 is 11.8 Å². The minimum atomic E-state index is -0.871. The van der Waals surface area contributed by atoms with Gasteiger partial charge in [-0.2, -0.15) is 0 Å². The van der Waals surface area contributed by atoms with Crippen LogP contribution in [-0.4, -0.2) is 44.1 Å². The van der Waals surface area contributed by atoms with E-state index < -0.39 is 11.0 Å². The van der Waals surface area contributed by atoms with Crippen molar-refractivity contribution in [3.05, 3.63) is 28.4 Å². The molecule has 1 aromatic rings. The molecule has 2 aliphatic heterocycles. The number of carboxylic acid groups (broad SMARTS) is 1. The first-order chi connectivity index (χ1) is 10.1. The normalized spacial score (nSPS) is 27.4. The summed E-state index contributed by atoms with van der Waals surface area (Å²) in [5.74, 6) is 0.260. The smallest absolute Gasteiger partial charge is 0.407 e. The maximum Gasteiger partial charge on any atom is 0.407 e. The summed E-state index contributed by atoms with van der Waals surface area (Å²) in [6.07, 6.45) is 3.69. The van der Waals surface area contributed by atoms with Gasteiger partial charge in [-0.05, 0) is 31.7 Å². The number of fused-ring (bicyclic) bond motifs is 2. The van der Waals surface area contributed by atoms with Crippen LogP contribution < -0.4 is 5.32 Å². The zero-order valence-corrected chi connectivity index (χ0v) is 11.3. The van der Waals surface area contributed by atoms with E-state index in [1.54, 1.807) is 0 Å². The molecule has 0 saturated carbocycles. The number of nitrogens with one attached hydrogen (secondary N) is 1. The largest absolute Gasteiger partial charge is 0.465 e. The maximum atomic E-state index is 11.2. The number of hydrogen-bond acceptors (Lipinski definition) is 5. The standard InChI is InChI=1S/C13H16N4O4/c18-13(19)16-9-3-4-10(16)7-8(6-9)15-12-11(17(20)21)2-1-5-14-12/h1-2,5,8-10H,3-4,6-7H2,(H,14,15)(H,18,19)/t8?,9-,10+. The van der Waals surface area contributed by atoms with E-state index in [0.717, 1.165) is 12.8 Å². The number of hydrogen-bond donors (Lipinski definition) is 2. The highest BCUT2D eigenvalue weighted by atomic mass is 16.6. The van der Waals surface area contributed by atoms with E-state index in [1.165, 1.54) is 23.2 Å². The van der Waals surface area contributed by atoms with Crippen molar-refractivity contribution in [1.29, 1.82) is 0 Å². The van der Waals surface area contributed by atoms with Crippen LogP contribution >= 0.6 is 0 Å². The van der Waals surface area contributed by atoms with Crippen molar-refractivity contribution < 1.29 is 14.8 Å². The Kier molecular flexibility index (Phi) is 3.36.